The zero-order chi connectivity index (χ0) is 13.8. The number of rotatable bonds is 4. The Balaban J connectivity index is 2.29. The second-order valence-electron chi connectivity index (χ2n) is 4.45. The lowest BCUT2D eigenvalue weighted by atomic mass is 10.2. The summed E-state index contributed by atoms with van der Waals surface area (Å²) >= 11 is 0. The van der Waals surface area contributed by atoms with E-state index in [2.05, 4.69) is 15.3 Å². The molecule has 1 aromatic heterocycles. The number of aryl methyl sites for hydroxylation is 2. The molecule has 0 unspecified atom stereocenters. The largest absolute Gasteiger partial charge is 0.384 e. The van der Waals surface area contributed by atoms with Gasteiger partial charge in [0.1, 0.15) is 23.3 Å². The molecule has 2 aromatic rings. The van der Waals surface area contributed by atoms with Gasteiger partial charge >= 0.3 is 0 Å². The molecule has 0 saturated carbocycles. The fourth-order valence-electron chi connectivity index (χ4n) is 1.79. The molecule has 2 rings (SSSR count). The Morgan fingerprint density at radius 2 is 2.05 bits per heavy atom. The Bertz CT molecular complexity index is 584. The van der Waals surface area contributed by atoms with Crippen LogP contribution in [-0.2, 0) is 6.42 Å². The van der Waals surface area contributed by atoms with E-state index in [0.717, 1.165) is 18.4 Å². The Labute approximate surface area is 111 Å². The van der Waals surface area contributed by atoms with E-state index >= 15 is 0 Å². The predicted octanol–water partition coefficient (Wildman–Crippen LogP) is 3.20. The zero-order valence-corrected chi connectivity index (χ0v) is 11.1. The van der Waals surface area contributed by atoms with Crippen molar-refractivity contribution < 1.29 is 4.39 Å². The summed E-state index contributed by atoms with van der Waals surface area (Å²) < 4.78 is 13.7. The first kappa shape index (κ1) is 13.3. The van der Waals surface area contributed by atoms with E-state index in [1.54, 1.807) is 18.2 Å². The SMILES string of the molecule is CCCc1nc(N)cc(Nc2cc(C)ccc2F)n1. The quantitative estimate of drug-likeness (QED) is 0.886. The summed E-state index contributed by atoms with van der Waals surface area (Å²) in [6.07, 6.45) is 1.68. The summed E-state index contributed by atoms with van der Waals surface area (Å²) in [4.78, 5) is 8.46. The van der Waals surface area contributed by atoms with E-state index in [-0.39, 0.29) is 5.82 Å². The third kappa shape index (κ3) is 3.40. The molecule has 0 fully saturated rings. The number of halogens is 1. The van der Waals surface area contributed by atoms with Gasteiger partial charge in [0.15, 0.2) is 0 Å². The molecule has 1 heterocycles. The van der Waals surface area contributed by atoms with Crippen LogP contribution in [0.4, 0.5) is 21.7 Å². The molecule has 100 valence electrons. The predicted molar refractivity (Wildman–Crippen MR) is 74.9 cm³/mol. The summed E-state index contributed by atoms with van der Waals surface area (Å²) in [5.41, 5.74) is 7.09. The summed E-state index contributed by atoms with van der Waals surface area (Å²) in [7, 11) is 0. The number of benzene rings is 1. The van der Waals surface area contributed by atoms with Crippen LogP contribution in [0.15, 0.2) is 24.3 Å². The van der Waals surface area contributed by atoms with E-state index in [9.17, 15) is 4.39 Å². The van der Waals surface area contributed by atoms with Crippen molar-refractivity contribution in [3.05, 3.63) is 41.5 Å². The van der Waals surface area contributed by atoms with Gasteiger partial charge in [-0.2, -0.15) is 0 Å². The van der Waals surface area contributed by atoms with Gasteiger partial charge in [-0.25, -0.2) is 14.4 Å². The molecule has 4 nitrogen and oxygen atoms in total. The van der Waals surface area contributed by atoms with Crippen molar-refractivity contribution in [1.29, 1.82) is 0 Å². The van der Waals surface area contributed by atoms with Gasteiger partial charge in [-0.3, -0.25) is 0 Å². The lowest BCUT2D eigenvalue weighted by Gasteiger charge is -2.09. The van der Waals surface area contributed by atoms with Crippen LogP contribution in [0, 0.1) is 12.7 Å². The maximum Gasteiger partial charge on any atom is 0.146 e. The van der Waals surface area contributed by atoms with E-state index in [1.807, 2.05) is 13.8 Å². The molecule has 0 amide bonds. The van der Waals surface area contributed by atoms with Crippen LogP contribution in [-0.4, -0.2) is 9.97 Å². The van der Waals surface area contributed by atoms with Crippen molar-refractivity contribution in [2.45, 2.75) is 26.7 Å². The maximum absolute atomic E-state index is 13.7. The number of hydrogen-bond donors (Lipinski definition) is 2. The molecule has 3 N–H and O–H groups in total. The van der Waals surface area contributed by atoms with E-state index in [1.165, 1.54) is 6.07 Å². The van der Waals surface area contributed by atoms with Gasteiger partial charge in [0.2, 0.25) is 0 Å². The fraction of sp³-hybridized carbons (Fsp3) is 0.286. The highest BCUT2D eigenvalue weighted by molar-refractivity contribution is 5.59. The smallest absolute Gasteiger partial charge is 0.146 e. The molecule has 0 aliphatic carbocycles. The highest BCUT2D eigenvalue weighted by Crippen LogP contribution is 2.21. The maximum atomic E-state index is 13.7. The van der Waals surface area contributed by atoms with Gasteiger partial charge in [0, 0.05) is 12.5 Å². The van der Waals surface area contributed by atoms with Crippen LogP contribution in [0.1, 0.15) is 24.7 Å². The molecular weight excluding hydrogens is 243 g/mol. The van der Waals surface area contributed by atoms with Crippen molar-refractivity contribution >= 4 is 17.3 Å². The summed E-state index contributed by atoms with van der Waals surface area (Å²) in [6.45, 7) is 3.95. The summed E-state index contributed by atoms with van der Waals surface area (Å²) in [5.74, 6) is 1.24. The van der Waals surface area contributed by atoms with Gasteiger partial charge in [-0.1, -0.05) is 13.0 Å². The lowest BCUT2D eigenvalue weighted by molar-refractivity contribution is 0.631. The normalized spacial score (nSPS) is 10.5. The lowest BCUT2D eigenvalue weighted by Crippen LogP contribution is -2.04. The number of nitrogens with one attached hydrogen (secondary N) is 1. The average Bonchev–Trinajstić information content (AvgIpc) is 2.33. The van der Waals surface area contributed by atoms with Crippen molar-refractivity contribution in [1.82, 2.24) is 9.97 Å². The molecule has 0 aliphatic rings. The molecule has 0 atom stereocenters. The zero-order valence-electron chi connectivity index (χ0n) is 11.1. The molecule has 0 spiro atoms. The highest BCUT2D eigenvalue weighted by atomic mass is 19.1. The first-order valence-corrected chi connectivity index (χ1v) is 6.25. The van der Waals surface area contributed by atoms with Crippen LogP contribution in [0.3, 0.4) is 0 Å². The Morgan fingerprint density at radius 1 is 1.26 bits per heavy atom. The van der Waals surface area contributed by atoms with Crippen LogP contribution < -0.4 is 11.1 Å². The first-order chi connectivity index (χ1) is 9.08. The molecule has 0 saturated heterocycles. The monoisotopic (exact) mass is 260 g/mol. The third-order valence-corrected chi connectivity index (χ3v) is 2.65. The Morgan fingerprint density at radius 3 is 2.79 bits per heavy atom. The molecule has 0 bridgehead atoms. The molecule has 0 aliphatic heterocycles. The standard InChI is InChI=1S/C14H17FN4/c1-3-4-13-18-12(16)8-14(19-13)17-11-7-9(2)5-6-10(11)15/h5-8H,3-4H2,1-2H3,(H3,16,17,18,19). The van der Waals surface area contributed by atoms with Crippen molar-refractivity contribution in [2.24, 2.45) is 0 Å². The van der Waals surface area contributed by atoms with Crippen molar-refractivity contribution in [3.63, 3.8) is 0 Å². The fourth-order valence-corrected chi connectivity index (χ4v) is 1.79. The third-order valence-electron chi connectivity index (χ3n) is 2.65. The van der Waals surface area contributed by atoms with Crippen molar-refractivity contribution in [3.8, 4) is 0 Å². The van der Waals surface area contributed by atoms with E-state index < -0.39 is 0 Å². The molecule has 19 heavy (non-hydrogen) atoms. The molecule has 1 aromatic carbocycles. The number of aromatic nitrogens is 2. The highest BCUT2D eigenvalue weighted by Gasteiger charge is 2.06. The van der Waals surface area contributed by atoms with Crippen LogP contribution >= 0.6 is 0 Å². The topological polar surface area (TPSA) is 63.8 Å². The van der Waals surface area contributed by atoms with Gasteiger partial charge < -0.3 is 11.1 Å². The number of nitrogens with two attached hydrogens (primary N) is 1. The number of nitrogens with zero attached hydrogens (tertiary/aromatic N) is 2. The van der Waals surface area contributed by atoms with E-state index in [0.29, 0.717) is 23.1 Å². The molecule has 5 heteroatoms. The average molecular weight is 260 g/mol. The van der Waals surface area contributed by atoms with Gasteiger partial charge in [-0.05, 0) is 31.0 Å². The van der Waals surface area contributed by atoms with Crippen molar-refractivity contribution in [2.75, 3.05) is 11.1 Å². The number of nitrogen functional groups attached to an aromatic ring is 1. The minimum atomic E-state index is -0.320. The van der Waals surface area contributed by atoms with Crippen LogP contribution in [0.25, 0.3) is 0 Å². The number of anilines is 3. The summed E-state index contributed by atoms with van der Waals surface area (Å²) in [5, 5.41) is 2.95. The van der Waals surface area contributed by atoms with Gasteiger partial charge in [0.25, 0.3) is 0 Å². The first-order valence-electron chi connectivity index (χ1n) is 6.25. The molecule has 0 radical (unpaired) electrons. The minimum absolute atomic E-state index is 0.320. The van der Waals surface area contributed by atoms with Gasteiger partial charge in [-0.15, -0.1) is 0 Å². The van der Waals surface area contributed by atoms with E-state index in [4.69, 9.17) is 5.73 Å². The second kappa shape index (κ2) is 5.65. The second-order valence-corrected chi connectivity index (χ2v) is 4.45. The minimum Gasteiger partial charge on any atom is -0.384 e. The van der Waals surface area contributed by atoms with Gasteiger partial charge in [0.05, 0.1) is 5.69 Å². The van der Waals surface area contributed by atoms with Crippen LogP contribution in [0.5, 0.6) is 0 Å². The molecular formula is C14H17FN4. The number of hydrogen-bond acceptors (Lipinski definition) is 4. The summed E-state index contributed by atoms with van der Waals surface area (Å²) in [6, 6.07) is 6.47. The Hall–Kier alpha value is -2.17. The van der Waals surface area contributed by atoms with Crippen LogP contribution in [0.2, 0.25) is 0 Å². The Kier molecular flexibility index (Phi) is 3.94.